The van der Waals surface area contributed by atoms with Gasteiger partial charge in [-0.25, -0.2) is 0 Å². The zero-order valence-electron chi connectivity index (χ0n) is 14.2. The summed E-state index contributed by atoms with van der Waals surface area (Å²) in [6, 6.07) is 8.35. The molecule has 130 valence electrons. The maximum Gasteiger partial charge on any atom is 0.119 e. The van der Waals surface area contributed by atoms with Gasteiger partial charge in [-0.05, 0) is 43.7 Å². The molecule has 0 unspecified atom stereocenters. The number of anilines is 1. The summed E-state index contributed by atoms with van der Waals surface area (Å²) >= 11 is 5.87. The number of ether oxygens (including phenoxy) is 1. The molecule has 1 saturated heterocycles. The molecule has 0 bridgehead atoms. The quantitative estimate of drug-likeness (QED) is 0.720. The standard InChI is InChI=1S/C18H25ClN4O/c1-24-18-6-4-17(5-7-18)22-12-10-21(11-13-22)8-2-3-9-23-15-16(19)14-20-23/h4-7,14-15H,2-3,8-13H2,1H3. The summed E-state index contributed by atoms with van der Waals surface area (Å²) in [5.41, 5.74) is 1.28. The lowest BCUT2D eigenvalue weighted by molar-refractivity contribution is 0.251. The Morgan fingerprint density at radius 3 is 2.38 bits per heavy atom. The molecule has 0 amide bonds. The van der Waals surface area contributed by atoms with Gasteiger partial charge in [-0.15, -0.1) is 0 Å². The second-order valence-electron chi connectivity index (χ2n) is 6.16. The topological polar surface area (TPSA) is 33.5 Å². The minimum atomic E-state index is 0.713. The zero-order chi connectivity index (χ0) is 16.8. The summed E-state index contributed by atoms with van der Waals surface area (Å²) in [4.78, 5) is 5.00. The first-order valence-corrected chi connectivity index (χ1v) is 8.92. The Hall–Kier alpha value is -1.72. The third-order valence-electron chi connectivity index (χ3n) is 4.52. The average molecular weight is 349 g/mol. The number of unbranched alkanes of at least 4 members (excludes halogenated alkanes) is 1. The number of aryl methyl sites for hydroxylation is 1. The first-order chi connectivity index (χ1) is 11.7. The maximum absolute atomic E-state index is 5.87. The summed E-state index contributed by atoms with van der Waals surface area (Å²) in [6.07, 6.45) is 5.91. The van der Waals surface area contributed by atoms with Crippen LogP contribution in [-0.2, 0) is 6.54 Å². The van der Waals surface area contributed by atoms with Crippen LogP contribution in [0.1, 0.15) is 12.8 Å². The number of nitrogens with zero attached hydrogens (tertiary/aromatic N) is 4. The number of piperazine rings is 1. The largest absolute Gasteiger partial charge is 0.497 e. The number of hydrogen-bond donors (Lipinski definition) is 0. The van der Waals surface area contributed by atoms with Gasteiger partial charge < -0.3 is 9.64 Å². The van der Waals surface area contributed by atoms with Gasteiger partial charge in [0.25, 0.3) is 0 Å². The molecular formula is C18H25ClN4O. The van der Waals surface area contributed by atoms with E-state index >= 15 is 0 Å². The molecule has 1 aromatic heterocycles. The van der Waals surface area contributed by atoms with E-state index in [0.717, 1.165) is 51.4 Å². The molecule has 0 atom stereocenters. The van der Waals surface area contributed by atoms with E-state index < -0.39 is 0 Å². The monoisotopic (exact) mass is 348 g/mol. The van der Waals surface area contributed by atoms with Crippen LogP contribution >= 0.6 is 11.6 Å². The highest BCUT2D eigenvalue weighted by atomic mass is 35.5. The van der Waals surface area contributed by atoms with Crippen LogP contribution in [0.5, 0.6) is 5.75 Å². The van der Waals surface area contributed by atoms with Gasteiger partial charge in [0.2, 0.25) is 0 Å². The lowest BCUT2D eigenvalue weighted by Crippen LogP contribution is -2.46. The van der Waals surface area contributed by atoms with Crippen molar-refractivity contribution in [2.24, 2.45) is 0 Å². The van der Waals surface area contributed by atoms with Gasteiger partial charge in [0.1, 0.15) is 5.75 Å². The second kappa shape index (κ2) is 8.40. The normalized spacial score (nSPS) is 15.7. The van der Waals surface area contributed by atoms with Crippen LogP contribution in [0.4, 0.5) is 5.69 Å². The van der Waals surface area contributed by atoms with E-state index in [1.807, 2.05) is 23.0 Å². The molecular weight excluding hydrogens is 324 g/mol. The number of rotatable bonds is 7. The van der Waals surface area contributed by atoms with Crippen molar-refractivity contribution in [1.82, 2.24) is 14.7 Å². The summed E-state index contributed by atoms with van der Waals surface area (Å²) in [5, 5.41) is 4.92. The molecule has 0 aliphatic carbocycles. The van der Waals surface area contributed by atoms with Crippen LogP contribution in [0, 0.1) is 0 Å². The number of aromatic nitrogens is 2. The molecule has 3 rings (SSSR count). The van der Waals surface area contributed by atoms with Crippen LogP contribution in [-0.4, -0.2) is 54.5 Å². The van der Waals surface area contributed by atoms with E-state index in [1.165, 1.54) is 12.1 Å². The van der Waals surface area contributed by atoms with Gasteiger partial charge >= 0.3 is 0 Å². The molecule has 0 spiro atoms. The third-order valence-corrected chi connectivity index (χ3v) is 4.72. The van der Waals surface area contributed by atoms with Gasteiger partial charge in [0.05, 0.1) is 18.3 Å². The summed E-state index contributed by atoms with van der Waals surface area (Å²) < 4.78 is 7.14. The van der Waals surface area contributed by atoms with Crippen molar-refractivity contribution in [2.75, 3.05) is 44.7 Å². The number of hydrogen-bond acceptors (Lipinski definition) is 4. The lowest BCUT2D eigenvalue weighted by atomic mass is 10.2. The van der Waals surface area contributed by atoms with Gasteiger partial charge in [0.15, 0.2) is 0 Å². The molecule has 5 nitrogen and oxygen atoms in total. The number of methoxy groups -OCH3 is 1. The van der Waals surface area contributed by atoms with Gasteiger partial charge in [-0.3, -0.25) is 9.58 Å². The predicted octanol–water partition coefficient (Wildman–Crippen LogP) is 3.15. The first-order valence-electron chi connectivity index (χ1n) is 8.54. The molecule has 24 heavy (non-hydrogen) atoms. The van der Waals surface area contributed by atoms with Crippen molar-refractivity contribution in [2.45, 2.75) is 19.4 Å². The van der Waals surface area contributed by atoms with Gasteiger partial charge in [-0.2, -0.15) is 5.10 Å². The molecule has 1 fully saturated rings. The Morgan fingerprint density at radius 2 is 1.75 bits per heavy atom. The minimum absolute atomic E-state index is 0.713. The highest BCUT2D eigenvalue weighted by Gasteiger charge is 2.16. The first kappa shape index (κ1) is 17.1. The second-order valence-corrected chi connectivity index (χ2v) is 6.59. The van der Waals surface area contributed by atoms with Crippen molar-refractivity contribution < 1.29 is 4.74 Å². The molecule has 0 radical (unpaired) electrons. The molecule has 1 aromatic carbocycles. The fourth-order valence-electron chi connectivity index (χ4n) is 3.09. The Balaban J connectivity index is 1.35. The van der Waals surface area contributed by atoms with Crippen molar-refractivity contribution in [3.63, 3.8) is 0 Å². The lowest BCUT2D eigenvalue weighted by Gasteiger charge is -2.36. The Bertz CT molecular complexity index is 620. The van der Waals surface area contributed by atoms with E-state index in [-0.39, 0.29) is 0 Å². The zero-order valence-corrected chi connectivity index (χ0v) is 15.0. The van der Waals surface area contributed by atoms with Crippen LogP contribution in [0.2, 0.25) is 5.02 Å². The van der Waals surface area contributed by atoms with Crippen LogP contribution in [0.3, 0.4) is 0 Å². The van der Waals surface area contributed by atoms with Crippen molar-refractivity contribution in [1.29, 1.82) is 0 Å². The van der Waals surface area contributed by atoms with Crippen molar-refractivity contribution in [3.8, 4) is 5.75 Å². The molecule has 1 aliphatic heterocycles. The Morgan fingerprint density at radius 1 is 1.04 bits per heavy atom. The average Bonchev–Trinajstić information content (AvgIpc) is 3.05. The molecule has 2 heterocycles. The van der Waals surface area contributed by atoms with E-state index in [1.54, 1.807) is 13.3 Å². The summed E-state index contributed by atoms with van der Waals surface area (Å²) in [6.45, 7) is 6.52. The van der Waals surface area contributed by atoms with E-state index in [4.69, 9.17) is 16.3 Å². The van der Waals surface area contributed by atoms with Crippen molar-refractivity contribution in [3.05, 3.63) is 41.7 Å². The molecule has 0 saturated carbocycles. The Kier molecular flexibility index (Phi) is 5.99. The fourth-order valence-corrected chi connectivity index (χ4v) is 3.25. The molecule has 0 N–H and O–H groups in total. The number of halogens is 1. The van der Waals surface area contributed by atoms with Crippen LogP contribution in [0.25, 0.3) is 0 Å². The van der Waals surface area contributed by atoms with Gasteiger partial charge in [-0.1, -0.05) is 11.6 Å². The smallest absolute Gasteiger partial charge is 0.119 e. The van der Waals surface area contributed by atoms with E-state index in [0.29, 0.717) is 5.02 Å². The fraction of sp³-hybridized carbons (Fsp3) is 0.500. The maximum atomic E-state index is 5.87. The predicted molar refractivity (Wildman–Crippen MR) is 98.1 cm³/mol. The number of benzene rings is 1. The van der Waals surface area contributed by atoms with E-state index in [9.17, 15) is 0 Å². The highest BCUT2D eigenvalue weighted by molar-refractivity contribution is 6.30. The van der Waals surface area contributed by atoms with Crippen LogP contribution < -0.4 is 9.64 Å². The third kappa shape index (κ3) is 4.65. The summed E-state index contributed by atoms with van der Waals surface area (Å²) in [5.74, 6) is 0.913. The van der Waals surface area contributed by atoms with Crippen molar-refractivity contribution >= 4 is 17.3 Å². The summed E-state index contributed by atoms with van der Waals surface area (Å²) in [7, 11) is 1.70. The molecule has 1 aliphatic rings. The minimum Gasteiger partial charge on any atom is -0.497 e. The van der Waals surface area contributed by atoms with Crippen LogP contribution in [0.15, 0.2) is 36.7 Å². The van der Waals surface area contributed by atoms with E-state index in [2.05, 4.69) is 27.0 Å². The highest BCUT2D eigenvalue weighted by Crippen LogP contribution is 2.20. The SMILES string of the molecule is COc1ccc(N2CCN(CCCCn3cc(Cl)cn3)CC2)cc1. The Labute approximate surface area is 148 Å². The molecule has 6 heteroatoms. The molecule has 2 aromatic rings. The van der Waals surface area contributed by atoms with Gasteiger partial charge in [0, 0.05) is 44.6 Å².